The van der Waals surface area contributed by atoms with Gasteiger partial charge in [0.15, 0.2) is 11.5 Å². The van der Waals surface area contributed by atoms with Gasteiger partial charge in [-0.05, 0) is 60.5 Å². The van der Waals surface area contributed by atoms with E-state index in [1.165, 1.54) is 12.1 Å². The third kappa shape index (κ3) is 5.82. The minimum Gasteiger partial charge on any atom is -0.488 e. The normalized spacial score (nSPS) is 11.2. The Hall–Kier alpha value is -5.52. The molecule has 2 N–H and O–H groups in total. The minimum atomic E-state index is -4.97. The predicted octanol–water partition coefficient (Wildman–Crippen LogP) is 6.17. The highest BCUT2D eigenvalue weighted by Gasteiger charge is 2.41. The smallest absolute Gasteiger partial charge is 0.434 e. The van der Waals surface area contributed by atoms with E-state index in [9.17, 15) is 27.9 Å². The summed E-state index contributed by atoms with van der Waals surface area (Å²) >= 11 is 0. The van der Waals surface area contributed by atoms with Gasteiger partial charge in [-0.15, -0.1) is 0 Å². The first-order valence-corrected chi connectivity index (χ1v) is 12.5. The molecule has 0 saturated carbocycles. The molecular formula is C30H22F3N5O4. The number of carbonyl (C=O) groups is 2. The fraction of sp³-hybridized carbons (Fsp3) is 0.100. The van der Waals surface area contributed by atoms with Crippen LogP contribution in [0.2, 0.25) is 0 Å². The van der Waals surface area contributed by atoms with Gasteiger partial charge >= 0.3 is 12.1 Å². The van der Waals surface area contributed by atoms with E-state index in [1.807, 2.05) is 25.1 Å². The average molecular weight is 574 g/mol. The van der Waals surface area contributed by atoms with E-state index in [-0.39, 0.29) is 12.4 Å². The summed E-state index contributed by atoms with van der Waals surface area (Å²) in [6.07, 6.45) is -2.17. The van der Waals surface area contributed by atoms with Gasteiger partial charge in [0.25, 0.3) is 0 Å². The molecule has 0 saturated heterocycles. The first-order chi connectivity index (χ1) is 20.2. The topological polar surface area (TPSA) is 119 Å². The molecule has 9 nitrogen and oxygen atoms in total. The zero-order chi connectivity index (χ0) is 29.9. The molecule has 0 fully saturated rings. The van der Waals surface area contributed by atoms with Crippen molar-refractivity contribution in [2.75, 3.05) is 5.32 Å². The molecule has 0 spiro atoms. The molecule has 0 aliphatic carbocycles. The lowest BCUT2D eigenvalue weighted by Gasteiger charge is -2.15. The average Bonchev–Trinajstić information content (AvgIpc) is 3.44. The Labute approximate surface area is 237 Å². The summed E-state index contributed by atoms with van der Waals surface area (Å²) in [5.74, 6) is -1.49. The largest absolute Gasteiger partial charge is 0.488 e. The number of benzene rings is 2. The maximum absolute atomic E-state index is 13.7. The highest BCUT2D eigenvalue weighted by molar-refractivity contribution is 5.89. The number of alkyl halides is 3. The van der Waals surface area contributed by atoms with Crippen molar-refractivity contribution in [1.29, 1.82) is 0 Å². The van der Waals surface area contributed by atoms with E-state index in [0.717, 1.165) is 22.4 Å². The third-order valence-electron chi connectivity index (χ3n) is 6.39. The molecule has 3 heterocycles. The lowest BCUT2D eigenvalue weighted by molar-refractivity contribution is -0.143. The number of para-hydroxylation sites is 1. The molecule has 0 atom stereocenters. The molecule has 12 heteroatoms. The number of carbonyl (C=O) groups excluding carboxylic acids is 1. The molecule has 1 amide bonds. The fourth-order valence-corrected chi connectivity index (χ4v) is 4.34. The van der Waals surface area contributed by atoms with Crippen LogP contribution in [0.1, 0.15) is 27.2 Å². The molecule has 0 aliphatic rings. The standard InChI is InChI=1S/C30H22F3N5O4/c1-18-13-19(24-12-11-21(14-34-24)35-17-39)9-10-20(18)16-42-26-7-3-2-5-22(26)25-6-4-8-27(37-25)38-28(30(31,32)33)23(15-36-38)29(40)41/h2-15,17H,16H2,1H3,(H,35,39)(H,40,41). The van der Waals surface area contributed by atoms with Crippen LogP contribution < -0.4 is 10.1 Å². The Morgan fingerprint density at radius 3 is 2.52 bits per heavy atom. The lowest BCUT2D eigenvalue weighted by atomic mass is 10.0. The number of aromatic carboxylic acids is 1. The van der Waals surface area contributed by atoms with E-state index in [2.05, 4.69) is 20.4 Å². The van der Waals surface area contributed by atoms with Crippen molar-refractivity contribution < 1.29 is 32.6 Å². The van der Waals surface area contributed by atoms with Gasteiger partial charge in [-0.3, -0.25) is 9.78 Å². The van der Waals surface area contributed by atoms with Crippen molar-refractivity contribution in [2.45, 2.75) is 19.7 Å². The molecule has 5 aromatic rings. The summed E-state index contributed by atoms with van der Waals surface area (Å²) < 4.78 is 47.8. The van der Waals surface area contributed by atoms with Gasteiger partial charge in [-0.25, -0.2) is 14.5 Å². The molecule has 0 aliphatic heterocycles. The number of pyridine rings is 2. The number of ether oxygens (including phenoxy) is 1. The minimum absolute atomic E-state index is 0.197. The van der Waals surface area contributed by atoms with Gasteiger partial charge in [0, 0.05) is 11.1 Å². The molecule has 2 aromatic carbocycles. The molecule has 42 heavy (non-hydrogen) atoms. The van der Waals surface area contributed by atoms with E-state index >= 15 is 0 Å². The number of amides is 1. The number of hydrogen-bond acceptors (Lipinski definition) is 6. The highest BCUT2D eigenvalue weighted by Crippen LogP contribution is 2.35. The summed E-state index contributed by atoms with van der Waals surface area (Å²) in [6, 6.07) is 20.8. The second-order valence-electron chi connectivity index (χ2n) is 9.12. The number of nitrogens with one attached hydrogen (secondary N) is 1. The zero-order valence-electron chi connectivity index (χ0n) is 22.0. The Morgan fingerprint density at radius 2 is 1.83 bits per heavy atom. The van der Waals surface area contributed by atoms with E-state index in [0.29, 0.717) is 40.0 Å². The van der Waals surface area contributed by atoms with Gasteiger partial charge in [0.05, 0.1) is 29.5 Å². The van der Waals surface area contributed by atoms with Gasteiger partial charge in [-0.1, -0.05) is 30.3 Å². The van der Waals surface area contributed by atoms with Crippen molar-refractivity contribution >= 4 is 18.1 Å². The first-order valence-electron chi connectivity index (χ1n) is 12.5. The quantitative estimate of drug-likeness (QED) is 0.203. The molecular weight excluding hydrogens is 551 g/mol. The fourth-order valence-electron chi connectivity index (χ4n) is 4.34. The van der Waals surface area contributed by atoms with Crippen LogP contribution in [0.15, 0.2) is 85.2 Å². The number of hydrogen-bond donors (Lipinski definition) is 2. The van der Waals surface area contributed by atoms with Crippen LogP contribution in [-0.4, -0.2) is 37.2 Å². The molecule has 212 valence electrons. The van der Waals surface area contributed by atoms with Crippen LogP contribution in [0.25, 0.3) is 28.3 Å². The molecule has 3 aromatic heterocycles. The van der Waals surface area contributed by atoms with Crippen LogP contribution >= 0.6 is 0 Å². The zero-order valence-corrected chi connectivity index (χ0v) is 22.0. The summed E-state index contributed by atoms with van der Waals surface area (Å²) in [5.41, 5.74) is 2.52. The van der Waals surface area contributed by atoms with Crippen LogP contribution in [0, 0.1) is 6.92 Å². The second kappa shape index (κ2) is 11.5. The van der Waals surface area contributed by atoms with Crippen molar-refractivity contribution in [1.82, 2.24) is 19.7 Å². The van der Waals surface area contributed by atoms with Crippen LogP contribution in [0.3, 0.4) is 0 Å². The molecule has 0 radical (unpaired) electrons. The van der Waals surface area contributed by atoms with E-state index in [4.69, 9.17) is 4.74 Å². The van der Waals surface area contributed by atoms with E-state index in [1.54, 1.807) is 48.7 Å². The lowest BCUT2D eigenvalue weighted by Crippen LogP contribution is -2.18. The van der Waals surface area contributed by atoms with E-state index < -0.39 is 23.4 Å². The second-order valence-corrected chi connectivity index (χ2v) is 9.12. The van der Waals surface area contributed by atoms with Gasteiger partial charge in [0.2, 0.25) is 6.41 Å². The predicted molar refractivity (Wildman–Crippen MR) is 147 cm³/mol. The van der Waals surface area contributed by atoms with Gasteiger partial charge in [0.1, 0.15) is 17.9 Å². The number of carboxylic acids is 1. The van der Waals surface area contributed by atoms with Gasteiger partial charge in [-0.2, -0.15) is 18.3 Å². The number of anilines is 1. The first kappa shape index (κ1) is 28.0. The van der Waals surface area contributed by atoms with Crippen LogP contribution in [0.4, 0.5) is 18.9 Å². The van der Waals surface area contributed by atoms with Crippen LogP contribution in [0.5, 0.6) is 5.75 Å². The third-order valence-corrected chi connectivity index (χ3v) is 6.39. The highest BCUT2D eigenvalue weighted by atomic mass is 19.4. The number of aryl methyl sites for hydroxylation is 1. The SMILES string of the molecule is Cc1cc(-c2ccc(NC=O)cn2)ccc1COc1ccccc1-c1cccc(-n2ncc(C(=O)O)c2C(F)(F)F)n1. The number of rotatable bonds is 9. The Kier molecular flexibility index (Phi) is 7.69. The Morgan fingerprint density at radius 1 is 1.02 bits per heavy atom. The summed E-state index contributed by atoms with van der Waals surface area (Å²) in [5, 5.41) is 15.4. The molecule has 0 bridgehead atoms. The number of nitrogens with zero attached hydrogens (tertiary/aromatic N) is 4. The van der Waals surface area contributed by atoms with Crippen molar-refractivity contribution in [2.24, 2.45) is 0 Å². The monoisotopic (exact) mass is 573 g/mol. The van der Waals surface area contributed by atoms with Crippen molar-refractivity contribution in [3.63, 3.8) is 0 Å². The number of halogens is 3. The summed E-state index contributed by atoms with van der Waals surface area (Å²) in [4.78, 5) is 30.7. The Balaban J connectivity index is 1.39. The maximum atomic E-state index is 13.7. The number of carboxylic acid groups (broad SMARTS) is 1. The van der Waals surface area contributed by atoms with Crippen LogP contribution in [-0.2, 0) is 17.6 Å². The van der Waals surface area contributed by atoms with Gasteiger partial charge < -0.3 is 15.2 Å². The molecule has 5 rings (SSSR count). The molecule has 0 unspecified atom stereocenters. The maximum Gasteiger partial charge on any atom is 0.434 e. The summed E-state index contributed by atoms with van der Waals surface area (Å²) in [6.45, 7) is 2.15. The van der Waals surface area contributed by atoms with Crippen molar-refractivity contribution in [3.8, 4) is 34.1 Å². The number of aromatic nitrogens is 4. The van der Waals surface area contributed by atoms with Crippen molar-refractivity contribution in [3.05, 3.63) is 108 Å². The summed E-state index contributed by atoms with van der Waals surface area (Å²) in [7, 11) is 0. The Bertz CT molecular complexity index is 1770.